The Balaban J connectivity index is 3.79. The average molecular weight is 186 g/mol. The monoisotopic (exact) mass is 186 g/mol. The van der Waals surface area contributed by atoms with E-state index in [9.17, 15) is 0 Å². The molecule has 0 aromatic heterocycles. The highest BCUT2D eigenvalue weighted by Gasteiger charge is 2.20. The van der Waals surface area contributed by atoms with Crippen molar-refractivity contribution in [1.82, 2.24) is 0 Å². The molecule has 0 radical (unpaired) electrons. The number of hydrogen-bond donors (Lipinski definition) is 0. The molecule has 0 aliphatic heterocycles. The predicted molar refractivity (Wildman–Crippen MR) is 59.0 cm³/mol. The van der Waals surface area contributed by atoms with Crippen molar-refractivity contribution in [3.8, 4) is 0 Å². The van der Waals surface area contributed by atoms with Gasteiger partial charge in [0.2, 0.25) is 0 Å². The Bertz CT molecular complexity index is 129. The first kappa shape index (κ1) is 13.0. The highest BCUT2D eigenvalue weighted by atomic mass is 16.5. The fourth-order valence-corrected chi connectivity index (χ4v) is 1.46. The minimum absolute atomic E-state index is 0.393. The molecule has 0 fully saturated rings. The average Bonchev–Trinajstić information content (AvgIpc) is 2.03. The van der Waals surface area contributed by atoms with Gasteiger partial charge in [-0.2, -0.15) is 0 Å². The van der Waals surface area contributed by atoms with Gasteiger partial charge in [-0.1, -0.05) is 34.1 Å². The zero-order chi connectivity index (χ0) is 10.5. The first-order valence-electron chi connectivity index (χ1n) is 5.56. The lowest BCUT2D eigenvalue weighted by Gasteiger charge is -2.28. The topological polar surface area (TPSA) is 9.23 Å². The van der Waals surface area contributed by atoms with Crippen LogP contribution in [-0.2, 0) is 4.74 Å². The molecule has 13 heavy (non-hydrogen) atoms. The van der Waals surface area contributed by atoms with Crippen molar-refractivity contribution in [1.29, 1.82) is 0 Å². The molecule has 0 heterocycles. The largest absolute Gasteiger partial charge is 0.376 e. The van der Waals surface area contributed by atoms with Crippen LogP contribution in [0.4, 0.5) is 0 Å². The highest BCUT2D eigenvalue weighted by molar-refractivity contribution is 4.70. The summed E-state index contributed by atoms with van der Waals surface area (Å²) in [7, 11) is 0. The summed E-state index contributed by atoms with van der Waals surface area (Å²) in [4.78, 5) is 0. The van der Waals surface area contributed by atoms with Crippen LogP contribution in [0.15, 0.2) is 0 Å². The third-order valence-corrected chi connectivity index (χ3v) is 2.84. The molecule has 0 saturated carbocycles. The van der Waals surface area contributed by atoms with E-state index in [4.69, 9.17) is 4.74 Å². The first-order chi connectivity index (χ1) is 5.91. The van der Waals surface area contributed by atoms with Gasteiger partial charge in [-0.3, -0.25) is 0 Å². The van der Waals surface area contributed by atoms with Crippen LogP contribution < -0.4 is 0 Å². The molecule has 0 rings (SSSR count). The molecule has 1 heteroatoms. The van der Waals surface area contributed by atoms with Crippen molar-refractivity contribution in [2.75, 3.05) is 0 Å². The van der Waals surface area contributed by atoms with Gasteiger partial charge in [-0.15, -0.1) is 0 Å². The molecular weight excluding hydrogens is 160 g/mol. The van der Waals surface area contributed by atoms with Crippen molar-refractivity contribution in [2.24, 2.45) is 5.41 Å². The van der Waals surface area contributed by atoms with Gasteiger partial charge in [-0.25, -0.2) is 0 Å². The summed E-state index contributed by atoms with van der Waals surface area (Å²) in [6.07, 6.45) is 4.29. The van der Waals surface area contributed by atoms with Gasteiger partial charge in [0.15, 0.2) is 0 Å². The molecular formula is C12H26O. The Morgan fingerprint density at radius 3 is 2.00 bits per heavy atom. The van der Waals surface area contributed by atoms with Crippen LogP contribution in [0.5, 0.6) is 0 Å². The smallest absolute Gasteiger partial charge is 0.0555 e. The second-order valence-corrected chi connectivity index (χ2v) is 4.89. The summed E-state index contributed by atoms with van der Waals surface area (Å²) < 4.78 is 5.84. The van der Waals surface area contributed by atoms with E-state index >= 15 is 0 Å². The molecule has 0 aromatic rings. The number of hydrogen-bond acceptors (Lipinski definition) is 1. The van der Waals surface area contributed by atoms with Crippen molar-refractivity contribution in [3.05, 3.63) is 0 Å². The zero-order valence-electron chi connectivity index (χ0n) is 10.2. The maximum absolute atomic E-state index is 5.84. The maximum atomic E-state index is 5.84. The summed E-state index contributed by atoms with van der Waals surface area (Å²) in [5.41, 5.74) is 0.423. The Labute approximate surface area is 83.9 Å². The Morgan fingerprint density at radius 1 is 1.08 bits per heavy atom. The van der Waals surface area contributed by atoms with E-state index in [-0.39, 0.29) is 0 Å². The summed E-state index contributed by atoms with van der Waals surface area (Å²) >= 11 is 0. The summed E-state index contributed by atoms with van der Waals surface area (Å²) in [6, 6.07) is 0. The van der Waals surface area contributed by atoms with E-state index in [0.29, 0.717) is 17.6 Å². The third kappa shape index (κ3) is 6.09. The lowest BCUT2D eigenvalue weighted by Crippen LogP contribution is -2.23. The van der Waals surface area contributed by atoms with Crippen LogP contribution in [0.2, 0.25) is 0 Å². The second-order valence-electron chi connectivity index (χ2n) is 4.89. The first-order valence-corrected chi connectivity index (χ1v) is 5.56. The minimum Gasteiger partial charge on any atom is -0.376 e. The second kappa shape index (κ2) is 5.64. The van der Waals surface area contributed by atoms with E-state index in [0.717, 1.165) is 12.8 Å². The minimum atomic E-state index is 0.393. The highest BCUT2D eigenvalue weighted by Crippen LogP contribution is 2.27. The number of ether oxygens (including phenoxy) is 1. The van der Waals surface area contributed by atoms with Crippen molar-refractivity contribution in [3.63, 3.8) is 0 Å². The zero-order valence-corrected chi connectivity index (χ0v) is 10.2. The molecule has 0 aromatic carbocycles. The molecule has 80 valence electrons. The van der Waals surface area contributed by atoms with Crippen molar-refractivity contribution >= 4 is 0 Å². The molecule has 2 unspecified atom stereocenters. The molecule has 0 aliphatic rings. The summed E-state index contributed by atoms with van der Waals surface area (Å²) in [6.45, 7) is 13.4. The van der Waals surface area contributed by atoms with Crippen LogP contribution in [0.3, 0.4) is 0 Å². The van der Waals surface area contributed by atoms with Crippen LogP contribution in [0.1, 0.15) is 60.8 Å². The van der Waals surface area contributed by atoms with Gasteiger partial charge < -0.3 is 4.74 Å². The van der Waals surface area contributed by atoms with Crippen molar-refractivity contribution < 1.29 is 4.74 Å². The van der Waals surface area contributed by atoms with Gasteiger partial charge in [0, 0.05) is 0 Å². The molecule has 0 bridgehead atoms. The molecule has 2 atom stereocenters. The van der Waals surface area contributed by atoms with Gasteiger partial charge in [-0.05, 0) is 32.1 Å². The maximum Gasteiger partial charge on any atom is 0.0555 e. The molecule has 0 N–H and O–H groups in total. The van der Waals surface area contributed by atoms with Gasteiger partial charge >= 0.3 is 0 Å². The van der Waals surface area contributed by atoms with Gasteiger partial charge in [0.25, 0.3) is 0 Å². The van der Waals surface area contributed by atoms with Gasteiger partial charge in [0.1, 0.15) is 0 Å². The fourth-order valence-electron chi connectivity index (χ4n) is 1.46. The van der Waals surface area contributed by atoms with Gasteiger partial charge in [0.05, 0.1) is 12.2 Å². The van der Waals surface area contributed by atoms with E-state index in [1.807, 2.05) is 0 Å². The normalized spacial score (nSPS) is 17.1. The molecule has 1 nitrogen and oxygen atoms in total. The Hall–Kier alpha value is -0.0400. The van der Waals surface area contributed by atoms with Crippen LogP contribution in [0.25, 0.3) is 0 Å². The standard InChI is InChI=1S/C12H26O/c1-7-10(3)13-11(4)9-12(5,6)8-2/h10-11H,7-9H2,1-6H3. The lowest BCUT2D eigenvalue weighted by molar-refractivity contribution is -0.0157. The summed E-state index contributed by atoms with van der Waals surface area (Å²) in [5.74, 6) is 0. The third-order valence-electron chi connectivity index (χ3n) is 2.84. The van der Waals surface area contributed by atoms with E-state index in [1.165, 1.54) is 6.42 Å². The molecule has 0 aliphatic carbocycles. The molecule has 0 saturated heterocycles. The van der Waals surface area contributed by atoms with Crippen molar-refractivity contribution in [2.45, 2.75) is 73.0 Å². The number of rotatable bonds is 6. The van der Waals surface area contributed by atoms with Crippen LogP contribution >= 0.6 is 0 Å². The van der Waals surface area contributed by atoms with E-state index < -0.39 is 0 Å². The lowest BCUT2D eigenvalue weighted by atomic mass is 9.84. The Morgan fingerprint density at radius 2 is 1.62 bits per heavy atom. The predicted octanol–water partition coefficient (Wildman–Crippen LogP) is 4.02. The quantitative estimate of drug-likeness (QED) is 0.609. The fraction of sp³-hybridized carbons (Fsp3) is 1.00. The van der Waals surface area contributed by atoms with Crippen LogP contribution in [0, 0.1) is 5.41 Å². The van der Waals surface area contributed by atoms with E-state index in [1.54, 1.807) is 0 Å². The molecule has 0 spiro atoms. The summed E-state index contributed by atoms with van der Waals surface area (Å²) in [5, 5.41) is 0. The van der Waals surface area contributed by atoms with Crippen LogP contribution in [-0.4, -0.2) is 12.2 Å². The Kier molecular flexibility index (Phi) is 5.62. The SMILES string of the molecule is CCC(C)OC(C)CC(C)(C)CC. The molecule has 0 amide bonds. The van der Waals surface area contributed by atoms with E-state index in [2.05, 4.69) is 41.5 Å².